The number of rotatable bonds is 2. The Hall–Kier alpha value is -1.90. The second-order valence-corrected chi connectivity index (χ2v) is 3.74. The van der Waals surface area contributed by atoms with Crippen molar-refractivity contribution in [2.75, 3.05) is 0 Å². The highest BCUT2D eigenvalue weighted by atomic mass is 16.2. The number of imidazole rings is 1. The zero-order valence-electron chi connectivity index (χ0n) is 9.47. The van der Waals surface area contributed by atoms with E-state index in [2.05, 4.69) is 4.98 Å². The van der Waals surface area contributed by atoms with Gasteiger partial charge in [-0.1, -0.05) is 24.6 Å². The van der Waals surface area contributed by atoms with Gasteiger partial charge in [-0.3, -0.25) is 9.36 Å². The fourth-order valence-corrected chi connectivity index (χ4v) is 1.62. The second-order valence-electron chi connectivity index (χ2n) is 3.74. The van der Waals surface area contributed by atoms with Crippen LogP contribution in [-0.2, 0) is 6.42 Å². The van der Waals surface area contributed by atoms with Crippen molar-refractivity contribution in [3.63, 3.8) is 0 Å². The van der Waals surface area contributed by atoms with Gasteiger partial charge < -0.3 is 0 Å². The molecule has 16 heavy (non-hydrogen) atoms. The van der Waals surface area contributed by atoms with Crippen LogP contribution in [0, 0.1) is 6.92 Å². The molecule has 0 unspecified atom stereocenters. The summed E-state index contributed by atoms with van der Waals surface area (Å²) >= 11 is 0. The average Bonchev–Trinajstić information content (AvgIpc) is 2.77. The van der Waals surface area contributed by atoms with Crippen LogP contribution in [0.2, 0.25) is 0 Å². The molecule has 0 radical (unpaired) electrons. The molecular weight excluding hydrogens is 200 g/mol. The Morgan fingerprint density at radius 2 is 2.00 bits per heavy atom. The fourth-order valence-electron chi connectivity index (χ4n) is 1.62. The van der Waals surface area contributed by atoms with Gasteiger partial charge in [-0.05, 0) is 19.1 Å². The van der Waals surface area contributed by atoms with Gasteiger partial charge in [0.15, 0.2) is 0 Å². The predicted molar refractivity (Wildman–Crippen MR) is 62.5 cm³/mol. The lowest BCUT2D eigenvalue weighted by Crippen LogP contribution is -2.14. The number of hydrogen-bond acceptors (Lipinski definition) is 2. The third-order valence-corrected chi connectivity index (χ3v) is 2.55. The Bertz CT molecular complexity index is 497. The molecule has 0 saturated heterocycles. The molecule has 0 bridgehead atoms. The first-order valence-electron chi connectivity index (χ1n) is 5.36. The van der Waals surface area contributed by atoms with Crippen molar-refractivity contribution in [3.8, 4) is 0 Å². The van der Waals surface area contributed by atoms with Crippen molar-refractivity contribution in [2.24, 2.45) is 0 Å². The second kappa shape index (κ2) is 4.31. The van der Waals surface area contributed by atoms with E-state index in [9.17, 15) is 4.79 Å². The van der Waals surface area contributed by atoms with E-state index in [-0.39, 0.29) is 5.91 Å². The van der Waals surface area contributed by atoms with Gasteiger partial charge in [0.1, 0.15) is 5.82 Å². The van der Waals surface area contributed by atoms with Crippen LogP contribution in [0.4, 0.5) is 0 Å². The van der Waals surface area contributed by atoms with Gasteiger partial charge in [0.2, 0.25) is 0 Å². The molecule has 0 aliphatic heterocycles. The molecular formula is C13H14N2O. The smallest absolute Gasteiger partial charge is 0.263 e. The number of aromatic nitrogens is 2. The SMILES string of the molecule is CCc1nccn1C(=O)c1ccc(C)cc1. The standard InChI is InChI=1S/C13H14N2O/c1-3-12-14-8-9-15(12)13(16)11-6-4-10(2)5-7-11/h4-9H,3H2,1-2H3. The summed E-state index contributed by atoms with van der Waals surface area (Å²) in [6.07, 6.45) is 4.12. The summed E-state index contributed by atoms with van der Waals surface area (Å²) in [5.41, 5.74) is 1.84. The number of hydrogen-bond donors (Lipinski definition) is 0. The number of carbonyl (C=O) groups is 1. The molecule has 0 saturated carbocycles. The van der Waals surface area contributed by atoms with Crippen molar-refractivity contribution >= 4 is 5.91 Å². The summed E-state index contributed by atoms with van der Waals surface area (Å²) in [5, 5.41) is 0. The summed E-state index contributed by atoms with van der Waals surface area (Å²) < 4.78 is 1.60. The lowest BCUT2D eigenvalue weighted by Gasteiger charge is -2.05. The first-order valence-corrected chi connectivity index (χ1v) is 5.36. The number of carbonyl (C=O) groups excluding carboxylic acids is 1. The lowest BCUT2D eigenvalue weighted by molar-refractivity contribution is 0.0956. The van der Waals surface area contributed by atoms with Crippen LogP contribution >= 0.6 is 0 Å². The molecule has 0 fully saturated rings. The molecule has 82 valence electrons. The van der Waals surface area contributed by atoms with E-state index in [4.69, 9.17) is 0 Å². The zero-order valence-corrected chi connectivity index (χ0v) is 9.47. The van der Waals surface area contributed by atoms with E-state index in [1.807, 2.05) is 38.1 Å². The fraction of sp³-hybridized carbons (Fsp3) is 0.231. The monoisotopic (exact) mass is 214 g/mol. The quantitative estimate of drug-likeness (QED) is 0.769. The molecule has 1 aromatic heterocycles. The molecule has 1 aromatic carbocycles. The van der Waals surface area contributed by atoms with Gasteiger partial charge >= 0.3 is 0 Å². The van der Waals surface area contributed by atoms with Crippen LogP contribution in [0.5, 0.6) is 0 Å². The minimum absolute atomic E-state index is 0.0191. The van der Waals surface area contributed by atoms with Crippen LogP contribution in [0.15, 0.2) is 36.7 Å². The maximum atomic E-state index is 12.1. The van der Waals surface area contributed by atoms with Gasteiger partial charge in [0.05, 0.1) is 0 Å². The maximum Gasteiger partial charge on any atom is 0.263 e. The van der Waals surface area contributed by atoms with E-state index < -0.39 is 0 Å². The number of aryl methyl sites for hydroxylation is 2. The zero-order chi connectivity index (χ0) is 11.5. The minimum atomic E-state index is -0.0191. The van der Waals surface area contributed by atoms with Gasteiger partial charge in [0, 0.05) is 24.4 Å². The van der Waals surface area contributed by atoms with Gasteiger partial charge in [-0.25, -0.2) is 4.98 Å². The van der Waals surface area contributed by atoms with Crippen LogP contribution in [0.25, 0.3) is 0 Å². The van der Waals surface area contributed by atoms with Crippen molar-refractivity contribution in [2.45, 2.75) is 20.3 Å². The summed E-state index contributed by atoms with van der Waals surface area (Å²) in [5.74, 6) is 0.778. The van der Waals surface area contributed by atoms with Crippen LogP contribution in [-0.4, -0.2) is 15.5 Å². The lowest BCUT2D eigenvalue weighted by atomic mass is 10.1. The highest BCUT2D eigenvalue weighted by molar-refractivity contribution is 5.96. The minimum Gasteiger partial charge on any atom is -0.270 e. The van der Waals surface area contributed by atoms with Crippen LogP contribution in [0.3, 0.4) is 0 Å². The Kier molecular flexibility index (Phi) is 2.86. The summed E-state index contributed by atoms with van der Waals surface area (Å²) in [7, 11) is 0. The molecule has 3 heteroatoms. The van der Waals surface area contributed by atoms with E-state index in [1.165, 1.54) is 0 Å². The molecule has 0 N–H and O–H groups in total. The van der Waals surface area contributed by atoms with Gasteiger partial charge in [-0.2, -0.15) is 0 Å². The van der Waals surface area contributed by atoms with Crippen molar-refractivity contribution in [1.29, 1.82) is 0 Å². The Morgan fingerprint density at radius 1 is 1.31 bits per heavy atom. The van der Waals surface area contributed by atoms with E-state index in [1.54, 1.807) is 17.0 Å². The van der Waals surface area contributed by atoms with E-state index in [0.717, 1.165) is 17.8 Å². The van der Waals surface area contributed by atoms with Crippen LogP contribution < -0.4 is 0 Å². The molecule has 0 spiro atoms. The normalized spacial score (nSPS) is 10.4. The first kappa shape index (κ1) is 10.6. The molecule has 3 nitrogen and oxygen atoms in total. The van der Waals surface area contributed by atoms with E-state index in [0.29, 0.717) is 5.56 Å². The first-order chi connectivity index (χ1) is 7.72. The maximum absolute atomic E-state index is 12.1. The van der Waals surface area contributed by atoms with Crippen molar-refractivity contribution in [3.05, 3.63) is 53.6 Å². The summed E-state index contributed by atoms with van der Waals surface area (Å²) in [6.45, 7) is 3.99. The summed E-state index contributed by atoms with van der Waals surface area (Å²) in [6, 6.07) is 7.57. The molecule has 2 aromatic rings. The van der Waals surface area contributed by atoms with Crippen molar-refractivity contribution < 1.29 is 4.79 Å². The highest BCUT2D eigenvalue weighted by Gasteiger charge is 2.11. The molecule has 2 rings (SSSR count). The molecule has 0 aliphatic carbocycles. The predicted octanol–water partition coefficient (Wildman–Crippen LogP) is 2.44. The number of nitrogens with zero attached hydrogens (tertiary/aromatic N) is 2. The van der Waals surface area contributed by atoms with Gasteiger partial charge in [-0.15, -0.1) is 0 Å². The van der Waals surface area contributed by atoms with E-state index >= 15 is 0 Å². The van der Waals surface area contributed by atoms with Crippen molar-refractivity contribution in [1.82, 2.24) is 9.55 Å². The van der Waals surface area contributed by atoms with Crippen LogP contribution in [0.1, 0.15) is 28.7 Å². The molecule has 0 amide bonds. The third-order valence-electron chi connectivity index (χ3n) is 2.55. The Labute approximate surface area is 94.7 Å². The number of benzene rings is 1. The third kappa shape index (κ3) is 1.89. The Balaban J connectivity index is 2.35. The molecule has 0 aliphatic rings. The molecule has 0 atom stereocenters. The van der Waals surface area contributed by atoms with Gasteiger partial charge in [0.25, 0.3) is 5.91 Å². The average molecular weight is 214 g/mol. The largest absolute Gasteiger partial charge is 0.270 e. The summed E-state index contributed by atoms with van der Waals surface area (Å²) in [4.78, 5) is 16.3. The molecule has 1 heterocycles. The topological polar surface area (TPSA) is 34.9 Å². The highest BCUT2D eigenvalue weighted by Crippen LogP contribution is 2.08. The Morgan fingerprint density at radius 3 is 2.62 bits per heavy atom.